The molecule has 5 nitrogen and oxygen atoms in total. The van der Waals surface area contributed by atoms with Gasteiger partial charge in [-0.05, 0) is 43.2 Å². The van der Waals surface area contributed by atoms with Gasteiger partial charge >= 0.3 is 0 Å². The van der Waals surface area contributed by atoms with Crippen LogP contribution in [-0.2, 0) is 21.3 Å². The molecule has 0 spiro atoms. The molecule has 0 radical (unpaired) electrons. The van der Waals surface area contributed by atoms with Crippen LogP contribution in [0.5, 0.6) is 0 Å². The predicted octanol–water partition coefficient (Wildman–Crippen LogP) is 1.98. The standard InChI is InChI=1S/C16H26N2O3S2/c1-13-4-10-22-14(13)11-18-8-3-15-16(12-18,6-9-21-15)5-7-17-23(2,19)20/h4,10,15,17H,3,5-9,11-12H2,1-2H3/t15-,16+/m1/s1. The monoisotopic (exact) mass is 358 g/mol. The van der Waals surface area contributed by atoms with Gasteiger partial charge in [0.1, 0.15) is 0 Å². The number of nitrogens with zero attached hydrogens (tertiary/aromatic N) is 1. The van der Waals surface area contributed by atoms with E-state index < -0.39 is 10.0 Å². The van der Waals surface area contributed by atoms with Crippen molar-refractivity contribution in [2.45, 2.75) is 38.8 Å². The summed E-state index contributed by atoms with van der Waals surface area (Å²) in [6.45, 7) is 6.53. The zero-order valence-electron chi connectivity index (χ0n) is 13.9. The van der Waals surface area contributed by atoms with Gasteiger partial charge in [0.05, 0.1) is 12.4 Å². The Morgan fingerprint density at radius 3 is 3.04 bits per heavy atom. The number of piperidine rings is 1. The first-order chi connectivity index (χ1) is 10.9. The number of ether oxygens (including phenoxy) is 1. The third-order valence-electron chi connectivity index (χ3n) is 5.17. The summed E-state index contributed by atoms with van der Waals surface area (Å²) in [6, 6.07) is 2.18. The number of nitrogens with one attached hydrogen (secondary N) is 1. The average Bonchev–Trinajstić information content (AvgIpc) is 3.04. The highest BCUT2D eigenvalue weighted by atomic mass is 32.2. The normalized spacial score (nSPS) is 28.9. The van der Waals surface area contributed by atoms with Crippen LogP contribution in [-0.4, -0.2) is 51.9 Å². The van der Waals surface area contributed by atoms with Gasteiger partial charge in [0.15, 0.2) is 0 Å². The zero-order chi connectivity index (χ0) is 16.5. The molecule has 3 heterocycles. The summed E-state index contributed by atoms with van der Waals surface area (Å²) in [4.78, 5) is 3.96. The van der Waals surface area contributed by atoms with Crippen LogP contribution in [0.3, 0.4) is 0 Å². The third kappa shape index (κ3) is 4.14. The third-order valence-corrected chi connectivity index (χ3v) is 6.91. The molecule has 0 aliphatic carbocycles. The fraction of sp³-hybridized carbons (Fsp3) is 0.750. The minimum absolute atomic E-state index is 0.0983. The molecule has 1 aromatic rings. The second kappa shape index (κ2) is 6.80. The molecule has 2 aliphatic rings. The molecule has 2 aliphatic heterocycles. The quantitative estimate of drug-likeness (QED) is 0.845. The van der Waals surface area contributed by atoms with E-state index in [1.165, 1.54) is 16.7 Å². The van der Waals surface area contributed by atoms with E-state index in [2.05, 4.69) is 28.0 Å². The Balaban J connectivity index is 1.65. The molecule has 1 aromatic heterocycles. The van der Waals surface area contributed by atoms with E-state index in [9.17, 15) is 8.42 Å². The largest absolute Gasteiger partial charge is 0.378 e. The Hall–Kier alpha value is -0.470. The number of likely N-dealkylation sites (tertiary alicyclic amines) is 1. The highest BCUT2D eigenvalue weighted by Gasteiger charge is 2.47. The molecular weight excluding hydrogens is 332 g/mol. The van der Waals surface area contributed by atoms with Crippen LogP contribution >= 0.6 is 11.3 Å². The smallest absolute Gasteiger partial charge is 0.208 e. The molecular formula is C16H26N2O3S2. The summed E-state index contributed by atoms with van der Waals surface area (Å²) < 4.78 is 31.2. The van der Waals surface area contributed by atoms with Crippen molar-refractivity contribution in [1.82, 2.24) is 9.62 Å². The van der Waals surface area contributed by atoms with Crippen molar-refractivity contribution in [2.24, 2.45) is 5.41 Å². The van der Waals surface area contributed by atoms with Crippen molar-refractivity contribution in [3.8, 4) is 0 Å². The predicted molar refractivity (Wildman–Crippen MR) is 93.2 cm³/mol. The molecule has 130 valence electrons. The fourth-order valence-corrected chi connectivity index (χ4v) is 5.31. The highest BCUT2D eigenvalue weighted by Crippen LogP contribution is 2.43. The van der Waals surface area contributed by atoms with Crippen LogP contribution in [0.4, 0.5) is 0 Å². The van der Waals surface area contributed by atoms with Crippen LogP contribution in [0, 0.1) is 12.3 Å². The van der Waals surface area contributed by atoms with Crippen molar-refractivity contribution in [3.63, 3.8) is 0 Å². The van der Waals surface area contributed by atoms with Crippen molar-refractivity contribution in [1.29, 1.82) is 0 Å². The molecule has 7 heteroatoms. The highest BCUT2D eigenvalue weighted by molar-refractivity contribution is 7.88. The van der Waals surface area contributed by atoms with Crippen LogP contribution < -0.4 is 4.72 Å². The number of aryl methyl sites for hydroxylation is 1. The molecule has 0 aromatic carbocycles. The summed E-state index contributed by atoms with van der Waals surface area (Å²) >= 11 is 1.82. The van der Waals surface area contributed by atoms with Gasteiger partial charge in [0, 0.05) is 43.1 Å². The maximum absolute atomic E-state index is 11.3. The van der Waals surface area contributed by atoms with E-state index in [1.807, 2.05) is 11.3 Å². The number of hydrogen-bond donors (Lipinski definition) is 1. The van der Waals surface area contributed by atoms with E-state index in [0.29, 0.717) is 6.54 Å². The van der Waals surface area contributed by atoms with E-state index >= 15 is 0 Å². The van der Waals surface area contributed by atoms with Crippen molar-refractivity contribution in [2.75, 3.05) is 32.5 Å². The number of sulfonamides is 1. The number of rotatable bonds is 6. The maximum atomic E-state index is 11.3. The second-order valence-electron chi connectivity index (χ2n) is 6.91. The van der Waals surface area contributed by atoms with Gasteiger partial charge in [-0.1, -0.05) is 0 Å². The van der Waals surface area contributed by atoms with E-state index in [1.54, 1.807) is 0 Å². The summed E-state index contributed by atoms with van der Waals surface area (Å²) in [5.41, 5.74) is 1.47. The zero-order valence-corrected chi connectivity index (χ0v) is 15.5. The van der Waals surface area contributed by atoms with Crippen LogP contribution in [0.15, 0.2) is 11.4 Å². The maximum Gasteiger partial charge on any atom is 0.208 e. The van der Waals surface area contributed by atoms with E-state index in [-0.39, 0.29) is 11.5 Å². The lowest BCUT2D eigenvalue weighted by atomic mass is 9.74. The van der Waals surface area contributed by atoms with Gasteiger partial charge in [-0.25, -0.2) is 13.1 Å². The first-order valence-electron chi connectivity index (χ1n) is 8.20. The summed E-state index contributed by atoms with van der Waals surface area (Å²) in [5.74, 6) is 0. The molecule has 0 saturated carbocycles. The lowest BCUT2D eigenvalue weighted by Gasteiger charge is -2.44. The minimum Gasteiger partial charge on any atom is -0.378 e. The molecule has 2 atom stereocenters. The van der Waals surface area contributed by atoms with Crippen LogP contribution in [0.1, 0.15) is 29.7 Å². The first-order valence-corrected chi connectivity index (χ1v) is 11.0. The first kappa shape index (κ1) is 17.4. The molecule has 2 fully saturated rings. The van der Waals surface area contributed by atoms with E-state index in [4.69, 9.17) is 4.74 Å². The van der Waals surface area contributed by atoms with Gasteiger partial charge in [-0.15, -0.1) is 11.3 Å². The number of hydrogen-bond acceptors (Lipinski definition) is 5. The number of thiophene rings is 1. The summed E-state index contributed by atoms with van der Waals surface area (Å²) in [5, 5.41) is 2.15. The molecule has 0 amide bonds. The van der Waals surface area contributed by atoms with Gasteiger partial charge in [0.2, 0.25) is 10.0 Å². The SMILES string of the molecule is Cc1ccsc1CN1CC[C@H]2OCC[C@@]2(CCNS(C)(=O)=O)C1. The Bertz CT molecular complexity index is 644. The van der Waals surface area contributed by atoms with Gasteiger partial charge in [-0.3, -0.25) is 4.90 Å². The Labute approximate surface area is 143 Å². The lowest BCUT2D eigenvalue weighted by molar-refractivity contribution is -0.0234. The Kier molecular flexibility index (Phi) is 5.13. The Morgan fingerprint density at radius 1 is 1.52 bits per heavy atom. The van der Waals surface area contributed by atoms with E-state index in [0.717, 1.165) is 45.5 Å². The Morgan fingerprint density at radius 2 is 2.35 bits per heavy atom. The van der Waals surface area contributed by atoms with Gasteiger partial charge in [-0.2, -0.15) is 0 Å². The second-order valence-corrected chi connectivity index (χ2v) is 9.75. The molecule has 0 bridgehead atoms. The van der Waals surface area contributed by atoms with Gasteiger partial charge in [0.25, 0.3) is 0 Å². The van der Waals surface area contributed by atoms with Crippen molar-refractivity contribution in [3.05, 3.63) is 21.9 Å². The minimum atomic E-state index is -3.12. The molecule has 3 rings (SSSR count). The van der Waals surface area contributed by atoms with Crippen molar-refractivity contribution < 1.29 is 13.2 Å². The van der Waals surface area contributed by atoms with Crippen molar-refractivity contribution >= 4 is 21.4 Å². The molecule has 23 heavy (non-hydrogen) atoms. The average molecular weight is 359 g/mol. The summed E-state index contributed by atoms with van der Waals surface area (Å²) in [7, 11) is -3.12. The molecule has 0 unspecified atom stereocenters. The van der Waals surface area contributed by atoms with Crippen LogP contribution in [0.25, 0.3) is 0 Å². The molecule has 2 saturated heterocycles. The fourth-order valence-electron chi connectivity index (χ4n) is 3.89. The molecule has 1 N–H and O–H groups in total. The lowest BCUT2D eigenvalue weighted by Crippen LogP contribution is -2.50. The van der Waals surface area contributed by atoms with Gasteiger partial charge < -0.3 is 4.74 Å². The topological polar surface area (TPSA) is 58.6 Å². The number of fused-ring (bicyclic) bond motifs is 1. The van der Waals surface area contributed by atoms with Crippen LogP contribution in [0.2, 0.25) is 0 Å². The summed E-state index contributed by atoms with van der Waals surface area (Å²) in [6.07, 6.45) is 4.43.